The molecule has 1 aliphatic heterocycles. The van der Waals surface area contributed by atoms with Crippen molar-refractivity contribution in [1.82, 2.24) is 30.1 Å². The highest BCUT2D eigenvalue weighted by Crippen LogP contribution is 2.28. The molecule has 2 aliphatic rings. The van der Waals surface area contributed by atoms with Crippen LogP contribution < -0.4 is 16.4 Å². The summed E-state index contributed by atoms with van der Waals surface area (Å²) < 4.78 is 5.84. The monoisotopic (exact) mass is 440 g/mol. The molecule has 0 fully saturated rings. The van der Waals surface area contributed by atoms with Crippen LogP contribution in [0.2, 0.25) is 0 Å². The standard InChI is InChI=1S/C21H28N8O3/c1-28-6-3-7-29(2)17(30)11-32-16-8-14(4-5-15(16)27-21(22)31)26-20-18-13(10-28)9-23-19(18)24-12-25-20/h4-5,9,12,14H,3,6-8,10-11H2,1-2H3,(H3,22,27,31)(H2,23,24,25,26). The number of anilines is 1. The molecule has 11 heteroatoms. The quantitative estimate of drug-likeness (QED) is 0.516. The molecule has 2 bridgehead atoms. The van der Waals surface area contributed by atoms with Gasteiger partial charge in [-0.1, -0.05) is 6.08 Å². The molecule has 4 rings (SSSR count). The van der Waals surface area contributed by atoms with Gasteiger partial charge in [0.25, 0.3) is 5.91 Å². The number of aromatic nitrogens is 3. The van der Waals surface area contributed by atoms with Crippen molar-refractivity contribution >= 4 is 28.8 Å². The van der Waals surface area contributed by atoms with Crippen LogP contribution in [0, 0.1) is 0 Å². The van der Waals surface area contributed by atoms with Crippen LogP contribution in [-0.2, 0) is 16.1 Å². The lowest BCUT2D eigenvalue weighted by atomic mass is 10.0. The number of hydrogen-bond donors (Lipinski definition) is 4. The second kappa shape index (κ2) is 9.27. The second-order valence-corrected chi connectivity index (χ2v) is 8.10. The van der Waals surface area contributed by atoms with E-state index in [2.05, 4.69) is 37.5 Å². The molecular formula is C21H28N8O3. The minimum atomic E-state index is -0.693. The Morgan fingerprint density at radius 2 is 2.16 bits per heavy atom. The number of nitrogens with two attached hydrogens (primary N) is 1. The van der Waals surface area contributed by atoms with Crippen LogP contribution in [0.15, 0.2) is 36.1 Å². The first kappa shape index (κ1) is 21.6. The number of fused-ring (bicyclic) bond motifs is 2. The van der Waals surface area contributed by atoms with Crippen molar-refractivity contribution in [2.24, 2.45) is 5.73 Å². The number of nitrogens with zero attached hydrogens (tertiary/aromatic N) is 4. The topological polar surface area (TPSA) is 142 Å². The maximum absolute atomic E-state index is 12.5. The summed E-state index contributed by atoms with van der Waals surface area (Å²) in [6.07, 6.45) is 8.34. The number of primary amides is 1. The van der Waals surface area contributed by atoms with E-state index in [1.54, 1.807) is 18.0 Å². The minimum Gasteiger partial charge on any atom is -0.486 e. The van der Waals surface area contributed by atoms with Gasteiger partial charge in [-0.15, -0.1) is 0 Å². The third kappa shape index (κ3) is 4.83. The Kier molecular flexibility index (Phi) is 6.26. The molecule has 5 N–H and O–H groups in total. The number of rotatable bonds is 1. The first-order chi connectivity index (χ1) is 15.4. The number of carbonyl (C=O) groups excluding carboxylic acids is 2. The van der Waals surface area contributed by atoms with Gasteiger partial charge in [-0.2, -0.15) is 0 Å². The lowest BCUT2D eigenvalue weighted by Crippen LogP contribution is -2.35. The molecule has 0 saturated heterocycles. The maximum atomic E-state index is 12.5. The summed E-state index contributed by atoms with van der Waals surface area (Å²) in [6.45, 7) is 2.04. The van der Waals surface area contributed by atoms with Gasteiger partial charge in [0.15, 0.2) is 6.61 Å². The molecule has 0 spiro atoms. The first-order valence-electron chi connectivity index (χ1n) is 10.5. The Bertz CT molecular complexity index is 1080. The van der Waals surface area contributed by atoms with Crippen LogP contribution in [0.1, 0.15) is 18.4 Å². The molecule has 11 nitrogen and oxygen atoms in total. The highest BCUT2D eigenvalue weighted by Gasteiger charge is 2.23. The average molecular weight is 441 g/mol. The third-order valence-electron chi connectivity index (χ3n) is 5.60. The van der Waals surface area contributed by atoms with Crippen molar-refractivity contribution in [1.29, 1.82) is 0 Å². The fourth-order valence-electron chi connectivity index (χ4n) is 3.93. The van der Waals surface area contributed by atoms with Gasteiger partial charge in [0, 0.05) is 32.8 Å². The van der Waals surface area contributed by atoms with Crippen LogP contribution in [0.5, 0.6) is 0 Å². The molecule has 170 valence electrons. The zero-order chi connectivity index (χ0) is 22.7. The van der Waals surface area contributed by atoms with Gasteiger partial charge in [-0.05, 0) is 31.7 Å². The number of nitrogens with one attached hydrogen (secondary N) is 3. The van der Waals surface area contributed by atoms with E-state index in [1.165, 1.54) is 6.33 Å². The van der Waals surface area contributed by atoms with Gasteiger partial charge in [0.2, 0.25) is 0 Å². The van der Waals surface area contributed by atoms with Crippen molar-refractivity contribution in [2.75, 3.05) is 39.1 Å². The van der Waals surface area contributed by atoms with Crippen molar-refractivity contribution in [3.8, 4) is 0 Å². The van der Waals surface area contributed by atoms with Crippen molar-refractivity contribution in [2.45, 2.75) is 25.4 Å². The molecule has 1 atom stereocenters. The normalized spacial score (nSPS) is 20.8. The van der Waals surface area contributed by atoms with E-state index in [4.69, 9.17) is 10.5 Å². The Balaban J connectivity index is 1.67. The molecule has 0 saturated carbocycles. The number of aromatic amines is 1. The van der Waals surface area contributed by atoms with Crippen LogP contribution in [0.3, 0.4) is 0 Å². The third-order valence-corrected chi connectivity index (χ3v) is 5.60. The lowest BCUT2D eigenvalue weighted by Gasteiger charge is -2.26. The highest BCUT2D eigenvalue weighted by molar-refractivity contribution is 5.90. The molecule has 0 aromatic carbocycles. The molecule has 32 heavy (non-hydrogen) atoms. The Hall–Kier alpha value is -3.60. The van der Waals surface area contributed by atoms with E-state index >= 15 is 0 Å². The predicted molar refractivity (Wildman–Crippen MR) is 119 cm³/mol. The number of urea groups is 1. The van der Waals surface area contributed by atoms with Gasteiger partial charge in [0.05, 0.1) is 17.1 Å². The molecule has 3 heterocycles. The zero-order valence-corrected chi connectivity index (χ0v) is 18.2. The predicted octanol–water partition coefficient (Wildman–Crippen LogP) is 0.889. The summed E-state index contributed by atoms with van der Waals surface area (Å²) in [5, 5.41) is 6.95. The van der Waals surface area contributed by atoms with Crippen molar-refractivity contribution < 1.29 is 14.3 Å². The van der Waals surface area contributed by atoms with E-state index in [1.807, 2.05) is 12.3 Å². The largest absolute Gasteiger partial charge is 0.486 e. The van der Waals surface area contributed by atoms with Crippen LogP contribution in [0.4, 0.5) is 10.6 Å². The summed E-state index contributed by atoms with van der Waals surface area (Å²) in [4.78, 5) is 39.9. The van der Waals surface area contributed by atoms with E-state index < -0.39 is 6.03 Å². The Morgan fingerprint density at radius 3 is 2.97 bits per heavy atom. The average Bonchev–Trinajstić information content (AvgIpc) is 3.16. The summed E-state index contributed by atoms with van der Waals surface area (Å²) in [5.74, 6) is 1.06. The number of carbonyl (C=O) groups is 2. The minimum absolute atomic E-state index is 0.119. The summed E-state index contributed by atoms with van der Waals surface area (Å²) >= 11 is 0. The van der Waals surface area contributed by atoms with Crippen molar-refractivity contribution in [3.05, 3.63) is 41.7 Å². The number of H-pyrrole nitrogens is 1. The Labute approximate surface area is 185 Å². The fraction of sp³-hybridized carbons (Fsp3) is 0.429. The van der Waals surface area contributed by atoms with Gasteiger partial charge in [0.1, 0.15) is 23.6 Å². The molecule has 1 aliphatic carbocycles. The number of allylic oxidation sites excluding steroid dienone is 1. The van der Waals surface area contributed by atoms with Crippen LogP contribution >= 0.6 is 0 Å². The zero-order valence-electron chi connectivity index (χ0n) is 18.2. The molecule has 2 aromatic heterocycles. The highest BCUT2D eigenvalue weighted by atomic mass is 16.5. The molecule has 2 aromatic rings. The SMILES string of the molecule is CN1CCCN(C)C(=O)COC2=C(NC(N)=O)C=CC(C2)Nc2ncnc3[nH]cc(c23)C1. The molecule has 3 amide bonds. The molecule has 0 radical (unpaired) electrons. The number of hydrogen-bond acceptors (Lipinski definition) is 7. The Morgan fingerprint density at radius 1 is 1.31 bits per heavy atom. The summed E-state index contributed by atoms with van der Waals surface area (Å²) in [7, 11) is 3.82. The fourth-order valence-corrected chi connectivity index (χ4v) is 3.93. The maximum Gasteiger partial charge on any atom is 0.316 e. The van der Waals surface area contributed by atoms with Gasteiger partial charge in [-0.3, -0.25) is 4.79 Å². The van der Waals surface area contributed by atoms with Gasteiger partial charge in [-0.25, -0.2) is 14.8 Å². The number of likely N-dealkylation sites (N-methyl/N-ethyl adjacent to an activating group) is 1. The molecule has 1 unspecified atom stereocenters. The van der Waals surface area contributed by atoms with Gasteiger partial charge >= 0.3 is 6.03 Å². The smallest absolute Gasteiger partial charge is 0.316 e. The van der Waals surface area contributed by atoms with Crippen LogP contribution in [0.25, 0.3) is 11.0 Å². The summed E-state index contributed by atoms with van der Waals surface area (Å²) in [6, 6.07) is -0.857. The van der Waals surface area contributed by atoms with Gasteiger partial charge < -0.3 is 35.9 Å². The van der Waals surface area contributed by atoms with Crippen molar-refractivity contribution in [3.63, 3.8) is 0 Å². The van der Waals surface area contributed by atoms with E-state index in [0.29, 0.717) is 30.2 Å². The van der Waals surface area contributed by atoms with E-state index in [9.17, 15) is 9.59 Å². The molecular weight excluding hydrogens is 412 g/mol. The van der Waals surface area contributed by atoms with Crippen LogP contribution in [-0.4, -0.2) is 76.5 Å². The number of amides is 3. The summed E-state index contributed by atoms with van der Waals surface area (Å²) in [5.41, 5.74) is 7.60. The second-order valence-electron chi connectivity index (χ2n) is 8.10. The van der Waals surface area contributed by atoms with E-state index in [0.717, 1.165) is 36.1 Å². The lowest BCUT2D eigenvalue weighted by molar-refractivity contribution is -0.133. The first-order valence-corrected chi connectivity index (χ1v) is 10.5. The van der Waals surface area contributed by atoms with E-state index in [-0.39, 0.29) is 18.6 Å². The number of ether oxygens (including phenoxy) is 1.